The zero-order valence-corrected chi connectivity index (χ0v) is 10.9. The van der Waals surface area contributed by atoms with Crippen molar-refractivity contribution in [2.24, 2.45) is 0 Å². The van der Waals surface area contributed by atoms with Gasteiger partial charge < -0.3 is 9.73 Å². The molecule has 0 aliphatic carbocycles. The molecule has 84 valence electrons. The summed E-state index contributed by atoms with van der Waals surface area (Å²) in [4.78, 5) is 0. The third-order valence-corrected chi connectivity index (χ3v) is 2.85. The van der Waals surface area contributed by atoms with Crippen LogP contribution in [0.3, 0.4) is 0 Å². The highest BCUT2D eigenvalue weighted by molar-refractivity contribution is 9.11. The van der Waals surface area contributed by atoms with E-state index in [0.717, 1.165) is 21.0 Å². The SMILES string of the molecule is C=C(Br)CNCc1c(Cl)oc2ccccc12. The first-order valence-corrected chi connectivity index (χ1v) is 6.05. The number of furan rings is 1. The molecule has 0 saturated carbocycles. The molecule has 2 rings (SSSR count). The van der Waals surface area contributed by atoms with Crippen LogP contribution < -0.4 is 5.32 Å². The van der Waals surface area contributed by atoms with Crippen molar-refractivity contribution in [2.45, 2.75) is 6.54 Å². The molecule has 0 saturated heterocycles. The molecule has 0 fully saturated rings. The van der Waals surface area contributed by atoms with Crippen LogP contribution in [0.5, 0.6) is 0 Å². The molecule has 0 unspecified atom stereocenters. The molecule has 0 atom stereocenters. The van der Waals surface area contributed by atoms with Crippen molar-refractivity contribution in [2.75, 3.05) is 6.54 Å². The van der Waals surface area contributed by atoms with Gasteiger partial charge in [0.15, 0.2) is 5.22 Å². The molecule has 2 aromatic rings. The summed E-state index contributed by atoms with van der Waals surface area (Å²) in [5, 5.41) is 4.74. The molecule has 1 heterocycles. The second-order valence-electron chi connectivity index (χ2n) is 3.47. The Morgan fingerprint density at radius 2 is 2.19 bits per heavy atom. The van der Waals surface area contributed by atoms with Gasteiger partial charge in [0.05, 0.1) is 0 Å². The molecule has 16 heavy (non-hydrogen) atoms. The van der Waals surface area contributed by atoms with Crippen molar-refractivity contribution < 1.29 is 4.42 Å². The van der Waals surface area contributed by atoms with Gasteiger partial charge in [-0.05, 0) is 17.7 Å². The lowest BCUT2D eigenvalue weighted by atomic mass is 10.2. The summed E-state index contributed by atoms with van der Waals surface area (Å²) in [6.45, 7) is 5.13. The van der Waals surface area contributed by atoms with Crippen LogP contribution in [-0.4, -0.2) is 6.54 Å². The lowest BCUT2D eigenvalue weighted by Crippen LogP contribution is -2.14. The number of nitrogens with one attached hydrogen (secondary N) is 1. The zero-order valence-electron chi connectivity index (χ0n) is 8.59. The average molecular weight is 301 g/mol. The van der Waals surface area contributed by atoms with Crippen LogP contribution in [0.4, 0.5) is 0 Å². The minimum Gasteiger partial charge on any atom is -0.444 e. The molecule has 2 nitrogen and oxygen atoms in total. The normalized spacial score (nSPS) is 10.9. The number of hydrogen-bond donors (Lipinski definition) is 1. The number of rotatable bonds is 4. The van der Waals surface area contributed by atoms with Crippen molar-refractivity contribution in [1.82, 2.24) is 5.32 Å². The quantitative estimate of drug-likeness (QED) is 0.920. The number of benzene rings is 1. The van der Waals surface area contributed by atoms with Crippen molar-refractivity contribution in [3.63, 3.8) is 0 Å². The maximum absolute atomic E-state index is 6.04. The highest BCUT2D eigenvalue weighted by atomic mass is 79.9. The van der Waals surface area contributed by atoms with Crippen molar-refractivity contribution >= 4 is 38.5 Å². The highest BCUT2D eigenvalue weighted by Gasteiger charge is 2.10. The van der Waals surface area contributed by atoms with E-state index in [1.165, 1.54) is 0 Å². The molecule has 4 heteroatoms. The Morgan fingerprint density at radius 1 is 1.44 bits per heavy atom. The topological polar surface area (TPSA) is 25.2 Å². The maximum Gasteiger partial charge on any atom is 0.199 e. The van der Waals surface area contributed by atoms with Crippen molar-refractivity contribution in [3.05, 3.63) is 46.1 Å². The first-order chi connectivity index (χ1) is 7.68. The van der Waals surface area contributed by atoms with Crippen molar-refractivity contribution in [3.8, 4) is 0 Å². The van der Waals surface area contributed by atoms with Gasteiger partial charge in [-0.25, -0.2) is 0 Å². The van der Waals surface area contributed by atoms with Gasteiger partial charge in [0.2, 0.25) is 0 Å². The Bertz CT molecular complexity index is 521. The Labute approximate surface area is 107 Å². The summed E-state index contributed by atoms with van der Waals surface area (Å²) < 4.78 is 6.36. The second kappa shape index (κ2) is 5.04. The largest absolute Gasteiger partial charge is 0.444 e. The first kappa shape index (κ1) is 11.7. The van der Waals surface area contributed by atoms with E-state index >= 15 is 0 Å². The smallest absolute Gasteiger partial charge is 0.199 e. The number of para-hydroxylation sites is 1. The molecule has 0 aliphatic rings. The maximum atomic E-state index is 6.04. The Balaban J connectivity index is 2.22. The third-order valence-electron chi connectivity index (χ3n) is 2.27. The van der Waals surface area contributed by atoms with E-state index in [2.05, 4.69) is 27.8 Å². The fourth-order valence-electron chi connectivity index (χ4n) is 1.56. The predicted molar refractivity (Wildman–Crippen MR) is 71.0 cm³/mol. The van der Waals surface area contributed by atoms with Crippen LogP contribution in [0, 0.1) is 0 Å². The predicted octanol–water partition coefficient (Wildman–Crippen LogP) is 4.08. The second-order valence-corrected chi connectivity index (χ2v) is 4.94. The van der Waals surface area contributed by atoms with Crippen molar-refractivity contribution in [1.29, 1.82) is 0 Å². The van der Waals surface area contributed by atoms with E-state index in [1.54, 1.807) is 0 Å². The lowest BCUT2D eigenvalue weighted by Gasteiger charge is -2.01. The molecule has 0 radical (unpaired) electrons. The van der Waals surface area contributed by atoms with Crippen LogP contribution in [0.15, 0.2) is 39.7 Å². The van der Waals surface area contributed by atoms with Crippen LogP contribution in [0.2, 0.25) is 5.22 Å². The average Bonchev–Trinajstić information content (AvgIpc) is 2.55. The fourth-order valence-corrected chi connectivity index (χ4v) is 2.01. The molecule has 1 aromatic heterocycles. The monoisotopic (exact) mass is 299 g/mol. The van der Waals surface area contributed by atoms with Gasteiger partial charge in [-0.15, -0.1) is 0 Å². The molecular weight excluding hydrogens is 289 g/mol. The standard InChI is InChI=1S/C12H11BrClNO/c1-8(13)6-15-7-10-9-4-2-3-5-11(9)16-12(10)14/h2-5,15H,1,6-7H2. The van der Waals surface area contributed by atoms with Gasteiger partial charge in [0.1, 0.15) is 5.58 Å². The summed E-state index contributed by atoms with van der Waals surface area (Å²) >= 11 is 9.34. The fraction of sp³-hybridized carbons (Fsp3) is 0.167. The summed E-state index contributed by atoms with van der Waals surface area (Å²) in [5.41, 5.74) is 1.81. The van der Waals surface area contributed by atoms with Gasteiger partial charge >= 0.3 is 0 Å². The van der Waals surface area contributed by atoms with E-state index in [4.69, 9.17) is 16.0 Å². The van der Waals surface area contributed by atoms with E-state index in [-0.39, 0.29) is 0 Å². The Kier molecular flexibility index (Phi) is 3.69. The molecule has 0 aliphatic heterocycles. The van der Waals surface area contributed by atoms with E-state index in [1.807, 2.05) is 24.3 Å². The lowest BCUT2D eigenvalue weighted by molar-refractivity contribution is 0.608. The molecule has 0 amide bonds. The van der Waals surface area contributed by atoms with Gasteiger partial charge in [-0.1, -0.05) is 40.7 Å². The Morgan fingerprint density at radius 3 is 2.94 bits per heavy atom. The molecule has 1 N–H and O–H groups in total. The van der Waals surface area contributed by atoms with Crippen LogP contribution in [0.25, 0.3) is 11.0 Å². The molecular formula is C12H11BrClNO. The summed E-state index contributed by atoms with van der Waals surface area (Å²) in [5.74, 6) is 0. The van der Waals surface area contributed by atoms with Crippen LogP contribution in [0.1, 0.15) is 5.56 Å². The Hall–Kier alpha value is -0.770. The summed E-state index contributed by atoms with van der Waals surface area (Å²) in [6, 6.07) is 7.82. The van der Waals surface area contributed by atoms with Gasteiger partial charge in [0.25, 0.3) is 0 Å². The van der Waals surface area contributed by atoms with Gasteiger partial charge in [-0.2, -0.15) is 0 Å². The van der Waals surface area contributed by atoms with Gasteiger partial charge in [0, 0.05) is 28.5 Å². The van der Waals surface area contributed by atoms with E-state index < -0.39 is 0 Å². The zero-order chi connectivity index (χ0) is 11.5. The van der Waals surface area contributed by atoms with Crippen LogP contribution >= 0.6 is 27.5 Å². The minimum absolute atomic E-state index is 0.453. The summed E-state index contributed by atoms with van der Waals surface area (Å²) in [6.07, 6.45) is 0. The molecule has 1 aromatic carbocycles. The van der Waals surface area contributed by atoms with Gasteiger partial charge in [-0.3, -0.25) is 0 Å². The number of halogens is 2. The first-order valence-electron chi connectivity index (χ1n) is 4.88. The highest BCUT2D eigenvalue weighted by Crippen LogP contribution is 2.29. The van der Waals surface area contributed by atoms with E-state index in [9.17, 15) is 0 Å². The molecule has 0 spiro atoms. The third kappa shape index (κ3) is 2.48. The van der Waals surface area contributed by atoms with E-state index in [0.29, 0.717) is 18.3 Å². The number of hydrogen-bond acceptors (Lipinski definition) is 2. The minimum atomic E-state index is 0.453. The van der Waals surface area contributed by atoms with Crippen LogP contribution in [-0.2, 0) is 6.54 Å². The summed E-state index contributed by atoms with van der Waals surface area (Å²) in [7, 11) is 0. The number of fused-ring (bicyclic) bond motifs is 1. The molecule has 0 bridgehead atoms.